The summed E-state index contributed by atoms with van der Waals surface area (Å²) in [5.41, 5.74) is 6.05. The van der Waals surface area contributed by atoms with E-state index >= 15 is 0 Å². The molecular formula is C28H25N3O6. The van der Waals surface area contributed by atoms with E-state index < -0.39 is 52.8 Å². The number of carbonyl (C=O) groups is 5. The zero-order valence-corrected chi connectivity index (χ0v) is 20.0. The van der Waals surface area contributed by atoms with Crippen molar-refractivity contribution in [1.29, 1.82) is 0 Å². The number of para-hydroxylation sites is 1. The molecule has 2 aromatic carbocycles. The van der Waals surface area contributed by atoms with E-state index in [0.717, 1.165) is 5.57 Å². The standard InChI is InChI=1S/C28H25N3O6/c1-28-20(24(34)30(26(28)36)15-7-3-2-4-8-15)13-19-17(22(28)14-6-5-9-16(32)12-14)10-11-18-21(19)25(35)31(23(18)33)27(29)37/h2-10,12,18-22,32H,11,13H2,1H3,(H2,29,37)/t18-,19+,20-,21-,22-,28+/m0/s1. The van der Waals surface area contributed by atoms with Crippen LogP contribution >= 0.6 is 0 Å². The molecule has 9 heteroatoms. The van der Waals surface area contributed by atoms with Gasteiger partial charge in [-0.3, -0.25) is 19.2 Å². The number of urea groups is 1. The van der Waals surface area contributed by atoms with Crippen molar-refractivity contribution in [2.75, 3.05) is 4.90 Å². The molecule has 2 aromatic rings. The van der Waals surface area contributed by atoms with E-state index in [1.165, 1.54) is 11.0 Å². The Kier molecular flexibility index (Phi) is 4.92. The summed E-state index contributed by atoms with van der Waals surface area (Å²) in [5, 5.41) is 10.3. The van der Waals surface area contributed by atoms with E-state index in [1.54, 1.807) is 55.5 Å². The van der Waals surface area contributed by atoms with Crippen LogP contribution in [0, 0.1) is 29.1 Å². The molecule has 3 N–H and O–H groups in total. The molecule has 6 rings (SSSR count). The molecule has 2 heterocycles. The summed E-state index contributed by atoms with van der Waals surface area (Å²) in [6.45, 7) is 1.77. The summed E-state index contributed by atoms with van der Waals surface area (Å²) in [4.78, 5) is 67.9. The number of nitrogens with zero attached hydrogens (tertiary/aromatic N) is 2. The molecule has 0 bridgehead atoms. The molecule has 2 aliphatic carbocycles. The maximum atomic E-state index is 14.1. The summed E-state index contributed by atoms with van der Waals surface area (Å²) in [7, 11) is 0. The largest absolute Gasteiger partial charge is 0.508 e. The van der Waals surface area contributed by atoms with Crippen LogP contribution in [0.3, 0.4) is 0 Å². The van der Waals surface area contributed by atoms with Crippen LogP contribution < -0.4 is 10.6 Å². The minimum atomic E-state index is -1.19. The lowest BCUT2D eigenvalue weighted by Gasteiger charge is -2.49. The molecule has 0 aromatic heterocycles. The molecule has 0 spiro atoms. The zero-order chi connectivity index (χ0) is 26.2. The Morgan fingerprint density at radius 1 is 0.973 bits per heavy atom. The molecule has 4 aliphatic rings. The second-order valence-corrected chi connectivity index (χ2v) is 10.4. The fourth-order valence-corrected chi connectivity index (χ4v) is 7.14. The number of imide groups is 4. The molecule has 37 heavy (non-hydrogen) atoms. The lowest BCUT2D eigenvalue weighted by molar-refractivity contribution is -0.136. The fraction of sp³-hybridized carbons (Fsp3) is 0.321. The van der Waals surface area contributed by atoms with Crippen LogP contribution in [0.5, 0.6) is 5.75 Å². The summed E-state index contributed by atoms with van der Waals surface area (Å²) in [6, 6.07) is 14.2. The Bertz CT molecular complexity index is 1420. The van der Waals surface area contributed by atoms with Gasteiger partial charge in [-0.15, -0.1) is 0 Å². The molecule has 3 fully saturated rings. The number of hydrogen-bond donors (Lipinski definition) is 2. The van der Waals surface area contributed by atoms with Crippen molar-refractivity contribution in [2.45, 2.75) is 25.7 Å². The number of fused-ring (bicyclic) bond motifs is 4. The molecule has 0 radical (unpaired) electrons. The van der Waals surface area contributed by atoms with Crippen LogP contribution in [0.15, 0.2) is 66.2 Å². The van der Waals surface area contributed by atoms with Crippen molar-refractivity contribution in [3.05, 3.63) is 71.8 Å². The third kappa shape index (κ3) is 3.00. The molecule has 2 saturated heterocycles. The first-order chi connectivity index (χ1) is 17.7. The van der Waals surface area contributed by atoms with Gasteiger partial charge in [-0.05, 0) is 55.5 Å². The van der Waals surface area contributed by atoms with Gasteiger partial charge in [0.05, 0.1) is 28.9 Å². The highest BCUT2D eigenvalue weighted by Gasteiger charge is 2.67. The van der Waals surface area contributed by atoms with Gasteiger partial charge < -0.3 is 10.8 Å². The number of phenols is 1. The SMILES string of the molecule is C[C@@]12C(=O)N(c3ccccc3)C(=O)[C@@H]1C[C@@H]1C(=CC[C@@H]3C(=O)N(C(N)=O)C(=O)[C@@H]31)[C@@H]2c1cccc(O)c1. The number of hydrogen-bond acceptors (Lipinski definition) is 6. The quantitative estimate of drug-likeness (QED) is 0.481. The van der Waals surface area contributed by atoms with Crippen LogP contribution in [-0.4, -0.2) is 39.7 Å². The van der Waals surface area contributed by atoms with Crippen molar-refractivity contribution in [2.24, 2.45) is 34.8 Å². The topological polar surface area (TPSA) is 138 Å². The fourth-order valence-electron chi connectivity index (χ4n) is 7.14. The van der Waals surface area contributed by atoms with Gasteiger partial charge in [-0.2, -0.15) is 4.90 Å². The molecule has 1 saturated carbocycles. The highest BCUT2D eigenvalue weighted by Crippen LogP contribution is 2.63. The van der Waals surface area contributed by atoms with Gasteiger partial charge in [0.15, 0.2) is 0 Å². The second-order valence-electron chi connectivity index (χ2n) is 10.4. The third-order valence-electron chi connectivity index (χ3n) is 8.71. The van der Waals surface area contributed by atoms with Gasteiger partial charge in [0, 0.05) is 5.92 Å². The number of aromatic hydroxyl groups is 1. The first-order valence-corrected chi connectivity index (χ1v) is 12.3. The zero-order valence-electron chi connectivity index (χ0n) is 20.0. The van der Waals surface area contributed by atoms with E-state index in [9.17, 15) is 29.1 Å². The van der Waals surface area contributed by atoms with Crippen LogP contribution in [0.2, 0.25) is 0 Å². The number of anilines is 1. The Labute approximate surface area is 212 Å². The maximum Gasteiger partial charge on any atom is 0.328 e. The van der Waals surface area contributed by atoms with Crippen molar-refractivity contribution < 1.29 is 29.1 Å². The van der Waals surface area contributed by atoms with Crippen LogP contribution in [-0.2, 0) is 19.2 Å². The average Bonchev–Trinajstić information content (AvgIpc) is 3.24. The van der Waals surface area contributed by atoms with Crippen molar-refractivity contribution in [3.63, 3.8) is 0 Å². The van der Waals surface area contributed by atoms with Gasteiger partial charge in [-0.1, -0.05) is 42.0 Å². The molecule has 188 valence electrons. The number of likely N-dealkylation sites (tertiary alicyclic amines) is 1. The summed E-state index contributed by atoms with van der Waals surface area (Å²) in [6.07, 6.45) is 2.27. The molecule has 0 unspecified atom stereocenters. The van der Waals surface area contributed by atoms with Crippen LogP contribution in [0.25, 0.3) is 0 Å². The number of carbonyl (C=O) groups excluding carboxylic acids is 5. The monoisotopic (exact) mass is 499 g/mol. The van der Waals surface area contributed by atoms with Gasteiger partial charge >= 0.3 is 6.03 Å². The Hall–Kier alpha value is -4.27. The number of nitrogens with two attached hydrogens (primary N) is 1. The first kappa shape index (κ1) is 23.1. The van der Waals surface area contributed by atoms with Gasteiger partial charge in [0.2, 0.25) is 23.6 Å². The number of benzene rings is 2. The molecular weight excluding hydrogens is 474 g/mol. The average molecular weight is 500 g/mol. The summed E-state index contributed by atoms with van der Waals surface area (Å²) < 4.78 is 0. The summed E-state index contributed by atoms with van der Waals surface area (Å²) in [5.74, 6) is -5.54. The first-order valence-electron chi connectivity index (χ1n) is 12.3. The number of rotatable bonds is 2. The highest BCUT2D eigenvalue weighted by atomic mass is 16.3. The van der Waals surface area contributed by atoms with E-state index in [2.05, 4.69) is 0 Å². The van der Waals surface area contributed by atoms with Crippen molar-refractivity contribution >= 4 is 35.3 Å². The van der Waals surface area contributed by atoms with E-state index in [4.69, 9.17) is 5.73 Å². The van der Waals surface area contributed by atoms with Crippen LogP contribution in [0.4, 0.5) is 10.5 Å². The molecule has 6 amide bonds. The minimum absolute atomic E-state index is 0.0118. The van der Waals surface area contributed by atoms with E-state index in [0.29, 0.717) is 16.2 Å². The predicted molar refractivity (Wildman–Crippen MR) is 131 cm³/mol. The van der Waals surface area contributed by atoms with Gasteiger partial charge in [0.25, 0.3) is 0 Å². The predicted octanol–water partition coefficient (Wildman–Crippen LogP) is 2.70. The molecule has 6 atom stereocenters. The minimum Gasteiger partial charge on any atom is -0.508 e. The van der Waals surface area contributed by atoms with E-state index in [1.807, 2.05) is 6.08 Å². The lowest BCUT2D eigenvalue weighted by Crippen LogP contribution is -2.49. The maximum absolute atomic E-state index is 14.1. The van der Waals surface area contributed by atoms with Crippen molar-refractivity contribution in [1.82, 2.24) is 4.90 Å². The third-order valence-corrected chi connectivity index (χ3v) is 8.71. The van der Waals surface area contributed by atoms with Gasteiger partial charge in [0.1, 0.15) is 5.75 Å². The Balaban J connectivity index is 1.53. The van der Waals surface area contributed by atoms with Gasteiger partial charge in [-0.25, -0.2) is 9.69 Å². The summed E-state index contributed by atoms with van der Waals surface area (Å²) >= 11 is 0. The number of allylic oxidation sites excluding steroid dienone is 2. The molecule has 9 nitrogen and oxygen atoms in total. The highest BCUT2D eigenvalue weighted by molar-refractivity contribution is 6.24. The normalized spacial score (nSPS) is 32.7. The number of primary amides is 1. The Morgan fingerprint density at radius 3 is 2.38 bits per heavy atom. The molecule has 2 aliphatic heterocycles. The van der Waals surface area contributed by atoms with Crippen LogP contribution in [0.1, 0.15) is 31.2 Å². The lowest BCUT2D eigenvalue weighted by atomic mass is 9.51. The number of phenolic OH excluding ortho intramolecular Hbond substituents is 1. The van der Waals surface area contributed by atoms with Crippen molar-refractivity contribution in [3.8, 4) is 5.75 Å². The number of amides is 6. The Morgan fingerprint density at radius 2 is 1.70 bits per heavy atom. The second kappa shape index (κ2) is 7.86. The van der Waals surface area contributed by atoms with E-state index in [-0.39, 0.29) is 30.4 Å². The smallest absolute Gasteiger partial charge is 0.328 e.